The zero-order chi connectivity index (χ0) is 25.4. The molecule has 1 aromatic heterocycles. The summed E-state index contributed by atoms with van der Waals surface area (Å²) in [6, 6.07) is 12.1. The molecule has 1 atom stereocenters. The van der Waals surface area contributed by atoms with Crippen LogP contribution in [0.15, 0.2) is 79.5 Å². The van der Waals surface area contributed by atoms with Crippen molar-refractivity contribution in [2.75, 3.05) is 0 Å². The number of aromatic nitrogens is 2. The first-order valence-corrected chi connectivity index (χ1v) is 11.9. The number of alkyl halides is 3. The van der Waals surface area contributed by atoms with Crippen LogP contribution in [0.25, 0.3) is 16.8 Å². The van der Waals surface area contributed by atoms with Crippen molar-refractivity contribution < 1.29 is 13.2 Å². The highest BCUT2D eigenvalue weighted by Gasteiger charge is 2.33. The molecule has 3 N–H and O–H groups in total. The molecule has 3 rings (SSSR count). The lowest BCUT2D eigenvalue weighted by molar-refractivity contribution is -0.138. The summed E-state index contributed by atoms with van der Waals surface area (Å²) in [4.78, 5) is 7.28. The Kier molecular flexibility index (Phi) is 8.88. The number of H-pyrrole nitrogens is 1. The minimum absolute atomic E-state index is 0.270. The van der Waals surface area contributed by atoms with Crippen LogP contribution in [0.4, 0.5) is 13.2 Å². The van der Waals surface area contributed by atoms with E-state index in [1.165, 1.54) is 12.3 Å². The second kappa shape index (κ2) is 11.8. The lowest BCUT2D eigenvalue weighted by atomic mass is 9.95. The van der Waals surface area contributed by atoms with Gasteiger partial charge in [0.1, 0.15) is 5.82 Å². The van der Waals surface area contributed by atoms with Gasteiger partial charge in [-0.15, -0.1) is 0 Å². The van der Waals surface area contributed by atoms with Crippen molar-refractivity contribution in [3.63, 3.8) is 0 Å². The van der Waals surface area contributed by atoms with Crippen LogP contribution >= 0.6 is 0 Å². The largest absolute Gasteiger partial charge is 0.416 e. The molecule has 0 saturated heterocycles. The maximum Gasteiger partial charge on any atom is 0.416 e. The first-order chi connectivity index (χ1) is 16.8. The summed E-state index contributed by atoms with van der Waals surface area (Å²) in [5.74, 6) is 0.569. The van der Waals surface area contributed by atoms with E-state index in [4.69, 9.17) is 5.73 Å². The Morgan fingerprint density at radius 2 is 1.86 bits per heavy atom. The Morgan fingerprint density at radius 1 is 1.11 bits per heavy atom. The van der Waals surface area contributed by atoms with Crippen LogP contribution in [0, 0.1) is 0 Å². The number of nitrogens with zero attached hydrogens (tertiary/aromatic N) is 1. The van der Waals surface area contributed by atoms with Crippen molar-refractivity contribution in [2.24, 2.45) is 5.73 Å². The molecule has 0 amide bonds. The molecule has 1 heterocycles. The number of nitrogens with two attached hydrogens (primary N) is 1. The summed E-state index contributed by atoms with van der Waals surface area (Å²) in [6.45, 7) is 7.87. The van der Waals surface area contributed by atoms with Gasteiger partial charge in [-0.3, -0.25) is 0 Å². The van der Waals surface area contributed by atoms with Gasteiger partial charge in [0.25, 0.3) is 0 Å². The summed E-state index contributed by atoms with van der Waals surface area (Å²) in [5, 5.41) is 0. The van der Waals surface area contributed by atoms with Gasteiger partial charge in [-0.2, -0.15) is 13.2 Å². The van der Waals surface area contributed by atoms with Crippen LogP contribution in [0.5, 0.6) is 0 Å². The zero-order valence-corrected chi connectivity index (χ0v) is 20.2. The standard InChI is InChI=1S/C29H32F3N3/c1-4-7-8-9-21(5-2)22-13-10-20(11-14-22)12-15-23-16-17-24(18-25(23)29(30,31)32)27-19-34-28(35-27)26(33)6-3/h5,7-11,13-14,16-19,26H,2,4,6,12,15,33H2,1,3H3,(H,34,35)/b8-7-,21-9+. The summed E-state index contributed by atoms with van der Waals surface area (Å²) in [7, 11) is 0. The molecule has 0 aliphatic rings. The number of halogens is 3. The van der Waals surface area contributed by atoms with Crippen LogP contribution in [0.1, 0.15) is 60.8 Å². The van der Waals surface area contributed by atoms with E-state index in [2.05, 4.69) is 29.5 Å². The van der Waals surface area contributed by atoms with E-state index in [1.807, 2.05) is 43.3 Å². The maximum absolute atomic E-state index is 13.9. The molecule has 0 aliphatic carbocycles. The number of hydrogen-bond donors (Lipinski definition) is 2. The van der Waals surface area contributed by atoms with E-state index < -0.39 is 11.7 Å². The Bertz CT molecular complexity index is 1180. The molecule has 0 radical (unpaired) electrons. The van der Waals surface area contributed by atoms with Crippen LogP contribution in [0.2, 0.25) is 0 Å². The van der Waals surface area contributed by atoms with Gasteiger partial charge >= 0.3 is 6.18 Å². The van der Waals surface area contributed by atoms with Crippen molar-refractivity contribution >= 4 is 5.57 Å². The quantitative estimate of drug-likeness (QED) is 0.291. The predicted octanol–water partition coefficient (Wildman–Crippen LogP) is 7.83. The van der Waals surface area contributed by atoms with E-state index >= 15 is 0 Å². The summed E-state index contributed by atoms with van der Waals surface area (Å²) in [5.41, 5.74) is 9.59. The van der Waals surface area contributed by atoms with E-state index in [9.17, 15) is 13.2 Å². The minimum Gasteiger partial charge on any atom is -0.341 e. The average molecular weight is 480 g/mol. The van der Waals surface area contributed by atoms with Crippen molar-refractivity contribution in [1.29, 1.82) is 0 Å². The van der Waals surface area contributed by atoms with Crippen LogP contribution < -0.4 is 5.73 Å². The van der Waals surface area contributed by atoms with E-state index in [-0.39, 0.29) is 18.0 Å². The molecule has 3 aromatic rings. The number of allylic oxidation sites excluding steroid dienone is 5. The fourth-order valence-corrected chi connectivity index (χ4v) is 3.82. The SMILES string of the molecule is C=C/C(=C\C=C/CC)c1ccc(CCc2ccc(-c3cnc(C(N)CC)[nH]3)cc2C(F)(F)F)cc1. The number of hydrogen-bond acceptors (Lipinski definition) is 2. The van der Waals surface area contributed by atoms with Gasteiger partial charge in [-0.05, 0) is 54.0 Å². The highest BCUT2D eigenvalue weighted by Crippen LogP contribution is 2.35. The Morgan fingerprint density at radius 3 is 2.49 bits per heavy atom. The second-order valence-corrected chi connectivity index (χ2v) is 8.43. The highest BCUT2D eigenvalue weighted by molar-refractivity contribution is 5.74. The van der Waals surface area contributed by atoms with Crippen LogP contribution in [-0.4, -0.2) is 9.97 Å². The molecule has 3 nitrogen and oxygen atoms in total. The number of aryl methyl sites for hydroxylation is 2. The minimum atomic E-state index is -4.45. The van der Waals surface area contributed by atoms with Gasteiger partial charge in [0, 0.05) is 5.56 Å². The average Bonchev–Trinajstić information content (AvgIpc) is 3.35. The fraction of sp³-hybridized carbons (Fsp3) is 0.276. The third-order valence-corrected chi connectivity index (χ3v) is 5.95. The molecular formula is C29H32F3N3. The molecule has 1 unspecified atom stereocenters. The Labute approximate surface area is 205 Å². The van der Waals surface area contributed by atoms with Gasteiger partial charge in [0.05, 0.1) is 23.5 Å². The molecule has 35 heavy (non-hydrogen) atoms. The second-order valence-electron chi connectivity index (χ2n) is 8.43. The summed E-state index contributed by atoms with van der Waals surface area (Å²) >= 11 is 0. The van der Waals surface area contributed by atoms with E-state index in [0.29, 0.717) is 29.9 Å². The molecule has 0 spiro atoms. The lowest BCUT2D eigenvalue weighted by Gasteiger charge is -2.15. The normalized spacial score (nSPS) is 13.4. The third-order valence-electron chi connectivity index (χ3n) is 5.95. The molecular weight excluding hydrogens is 447 g/mol. The monoisotopic (exact) mass is 479 g/mol. The summed E-state index contributed by atoms with van der Waals surface area (Å²) in [6.07, 6.45) is 7.36. The smallest absolute Gasteiger partial charge is 0.341 e. The topological polar surface area (TPSA) is 54.7 Å². The fourth-order valence-electron chi connectivity index (χ4n) is 3.82. The number of benzene rings is 2. The predicted molar refractivity (Wildman–Crippen MR) is 138 cm³/mol. The first kappa shape index (κ1) is 26.2. The summed E-state index contributed by atoms with van der Waals surface area (Å²) < 4.78 is 41.7. The molecule has 6 heteroatoms. The van der Waals surface area contributed by atoms with Gasteiger partial charge in [-0.1, -0.05) is 81.1 Å². The van der Waals surface area contributed by atoms with Gasteiger partial charge in [0.15, 0.2) is 0 Å². The van der Waals surface area contributed by atoms with Crippen molar-refractivity contribution in [3.05, 3.63) is 108 Å². The highest BCUT2D eigenvalue weighted by atomic mass is 19.4. The van der Waals surface area contributed by atoms with Crippen molar-refractivity contribution in [2.45, 2.75) is 51.7 Å². The van der Waals surface area contributed by atoms with E-state index in [1.54, 1.807) is 18.2 Å². The number of imidazole rings is 1. The number of aromatic amines is 1. The first-order valence-electron chi connectivity index (χ1n) is 11.9. The van der Waals surface area contributed by atoms with E-state index in [0.717, 1.165) is 23.1 Å². The van der Waals surface area contributed by atoms with Gasteiger partial charge in [0.2, 0.25) is 0 Å². The van der Waals surface area contributed by atoms with Crippen molar-refractivity contribution in [1.82, 2.24) is 9.97 Å². The van der Waals surface area contributed by atoms with Gasteiger partial charge < -0.3 is 10.7 Å². The lowest BCUT2D eigenvalue weighted by Crippen LogP contribution is -2.11. The van der Waals surface area contributed by atoms with Crippen LogP contribution in [-0.2, 0) is 19.0 Å². The molecule has 0 bridgehead atoms. The molecule has 0 saturated carbocycles. The molecule has 0 aliphatic heterocycles. The number of rotatable bonds is 10. The molecule has 2 aromatic carbocycles. The molecule has 184 valence electrons. The third kappa shape index (κ3) is 6.83. The van der Waals surface area contributed by atoms with Crippen LogP contribution in [0.3, 0.4) is 0 Å². The maximum atomic E-state index is 13.9. The Balaban J connectivity index is 1.79. The number of nitrogens with one attached hydrogen (secondary N) is 1. The zero-order valence-electron chi connectivity index (χ0n) is 20.2. The van der Waals surface area contributed by atoms with Gasteiger partial charge in [-0.25, -0.2) is 4.98 Å². The van der Waals surface area contributed by atoms with Crippen molar-refractivity contribution in [3.8, 4) is 11.3 Å². The Hall–Kier alpha value is -3.38. The molecule has 0 fully saturated rings.